The van der Waals surface area contributed by atoms with E-state index in [1.165, 1.54) is 16.1 Å². The average Bonchev–Trinajstić information content (AvgIpc) is 2.48. The summed E-state index contributed by atoms with van der Waals surface area (Å²) in [6.07, 6.45) is 2.10. The van der Waals surface area contributed by atoms with Gasteiger partial charge in [-0.15, -0.1) is 11.8 Å². The Kier molecular flexibility index (Phi) is 5.36. The van der Waals surface area contributed by atoms with Crippen LogP contribution in [0.4, 0.5) is 5.69 Å². The maximum absolute atomic E-state index is 5.71. The summed E-state index contributed by atoms with van der Waals surface area (Å²) in [5.41, 5.74) is 2.35. The molecule has 0 fully saturated rings. The molecule has 1 unspecified atom stereocenters. The summed E-state index contributed by atoms with van der Waals surface area (Å²) in [7, 11) is 0. The minimum Gasteiger partial charge on any atom is -0.494 e. The van der Waals surface area contributed by atoms with Crippen LogP contribution in [-0.2, 0) is 0 Å². The van der Waals surface area contributed by atoms with E-state index in [9.17, 15) is 0 Å². The highest BCUT2D eigenvalue weighted by Gasteiger charge is 2.12. The van der Waals surface area contributed by atoms with E-state index in [1.54, 1.807) is 11.8 Å². The van der Waals surface area contributed by atoms with Gasteiger partial charge in [-0.05, 0) is 38.3 Å². The Balaban J connectivity index is 2.21. The van der Waals surface area contributed by atoms with Gasteiger partial charge in [0.2, 0.25) is 0 Å². The van der Waals surface area contributed by atoms with Crippen molar-refractivity contribution in [3.63, 3.8) is 0 Å². The Morgan fingerprint density at radius 1 is 1.10 bits per heavy atom. The van der Waals surface area contributed by atoms with Crippen LogP contribution < -0.4 is 10.1 Å². The largest absolute Gasteiger partial charge is 0.494 e. The Bertz CT molecular complexity index is 556. The van der Waals surface area contributed by atoms with Gasteiger partial charge in [0, 0.05) is 16.1 Å². The summed E-state index contributed by atoms with van der Waals surface area (Å²) in [6, 6.07) is 16.8. The minimum atomic E-state index is 0.200. The maximum atomic E-state index is 5.71. The van der Waals surface area contributed by atoms with E-state index in [4.69, 9.17) is 4.74 Å². The van der Waals surface area contributed by atoms with Gasteiger partial charge in [-0.2, -0.15) is 0 Å². The van der Waals surface area contributed by atoms with Gasteiger partial charge in [0.25, 0.3) is 0 Å². The number of anilines is 1. The highest BCUT2D eigenvalue weighted by Crippen LogP contribution is 2.31. The van der Waals surface area contributed by atoms with E-state index >= 15 is 0 Å². The second kappa shape index (κ2) is 7.25. The first-order valence-electron chi connectivity index (χ1n) is 6.87. The van der Waals surface area contributed by atoms with Crippen LogP contribution in [0.2, 0.25) is 0 Å². The first-order chi connectivity index (χ1) is 9.76. The zero-order valence-corrected chi connectivity index (χ0v) is 13.0. The van der Waals surface area contributed by atoms with Gasteiger partial charge in [-0.3, -0.25) is 0 Å². The molecule has 0 amide bonds. The summed E-state index contributed by atoms with van der Waals surface area (Å²) >= 11 is 1.75. The van der Waals surface area contributed by atoms with Crippen molar-refractivity contribution in [3.8, 4) is 5.75 Å². The number of benzene rings is 2. The van der Waals surface area contributed by atoms with Gasteiger partial charge in [0.15, 0.2) is 0 Å². The molecule has 20 heavy (non-hydrogen) atoms. The Labute approximate surface area is 125 Å². The molecule has 2 nitrogen and oxygen atoms in total. The summed E-state index contributed by atoms with van der Waals surface area (Å²) in [6.45, 7) is 4.86. The smallest absolute Gasteiger partial charge is 0.124 e. The van der Waals surface area contributed by atoms with Crippen LogP contribution in [0.3, 0.4) is 0 Å². The molecule has 0 saturated carbocycles. The molecule has 0 heterocycles. The molecule has 3 heteroatoms. The van der Waals surface area contributed by atoms with Gasteiger partial charge in [-0.25, -0.2) is 0 Å². The van der Waals surface area contributed by atoms with Crippen molar-refractivity contribution in [3.05, 3.63) is 54.1 Å². The van der Waals surface area contributed by atoms with Crippen molar-refractivity contribution in [2.24, 2.45) is 0 Å². The van der Waals surface area contributed by atoms with E-state index in [-0.39, 0.29) is 6.04 Å². The number of rotatable bonds is 6. The third-order valence-corrected chi connectivity index (χ3v) is 3.96. The third-order valence-electron chi connectivity index (χ3n) is 3.16. The van der Waals surface area contributed by atoms with Gasteiger partial charge in [0.1, 0.15) is 5.75 Å². The number of ether oxygens (including phenoxy) is 1. The molecular weight excluding hydrogens is 266 g/mol. The monoisotopic (exact) mass is 287 g/mol. The predicted molar refractivity (Wildman–Crippen MR) is 87.9 cm³/mol. The van der Waals surface area contributed by atoms with Crippen LogP contribution in [-0.4, -0.2) is 12.9 Å². The molecule has 2 aromatic rings. The lowest BCUT2D eigenvalue weighted by Crippen LogP contribution is -2.09. The molecule has 1 atom stereocenters. The summed E-state index contributed by atoms with van der Waals surface area (Å²) in [4.78, 5) is 1.26. The normalized spacial score (nSPS) is 11.9. The Hall–Kier alpha value is -1.61. The second-order valence-electron chi connectivity index (χ2n) is 4.54. The van der Waals surface area contributed by atoms with Crippen molar-refractivity contribution in [2.75, 3.05) is 18.2 Å². The van der Waals surface area contributed by atoms with E-state index in [0.29, 0.717) is 6.61 Å². The first kappa shape index (κ1) is 14.8. The van der Waals surface area contributed by atoms with Crippen molar-refractivity contribution in [1.82, 2.24) is 0 Å². The third kappa shape index (κ3) is 3.48. The molecule has 0 aliphatic rings. The van der Waals surface area contributed by atoms with Gasteiger partial charge in [-0.1, -0.05) is 30.3 Å². The van der Waals surface area contributed by atoms with E-state index in [2.05, 4.69) is 54.9 Å². The quantitative estimate of drug-likeness (QED) is 0.757. The number of hydrogen-bond donors (Lipinski definition) is 1. The van der Waals surface area contributed by atoms with Crippen LogP contribution in [0.25, 0.3) is 0 Å². The average molecular weight is 287 g/mol. The molecule has 0 aliphatic carbocycles. The number of para-hydroxylation sites is 2. The summed E-state index contributed by atoms with van der Waals surface area (Å²) in [5.74, 6) is 0.955. The highest BCUT2D eigenvalue weighted by molar-refractivity contribution is 7.98. The fraction of sp³-hybridized carbons (Fsp3) is 0.294. The van der Waals surface area contributed by atoms with Crippen LogP contribution in [0.1, 0.15) is 25.5 Å². The van der Waals surface area contributed by atoms with Crippen LogP contribution in [0.15, 0.2) is 53.4 Å². The van der Waals surface area contributed by atoms with Crippen molar-refractivity contribution in [2.45, 2.75) is 24.8 Å². The van der Waals surface area contributed by atoms with E-state index < -0.39 is 0 Å². The molecule has 0 saturated heterocycles. The van der Waals surface area contributed by atoms with Crippen molar-refractivity contribution in [1.29, 1.82) is 0 Å². The number of hydrogen-bond acceptors (Lipinski definition) is 3. The summed E-state index contributed by atoms with van der Waals surface area (Å²) in [5, 5.41) is 3.58. The van der Waals surface area contributed by atoms with Crippen LogP contribution in [0, 0.1) is 0 Å². The van der Waals surface area contributed by atoms with Gasteiger partial charge < -0.3 is 10.1 Å². The number of nitrogens with one attached hydrogen (secondary N) is 1. The topological polar surface area (TPSA) is 21.3 Å². The zero-order valence-electron chi connectivity index (χ0n) is 12.2. The predicted octanol–water partition coefficient (Wildman–Crippen LogP) is 4.98. The lowest BCUT2D eigenvalue weighted by atomic mass is 10.1. The van der Waals surface area contributed by atoms with Crippen LogP contribution >= 0.6 is 11.8 Å². The molecule has 0 radical (unpaired) electrons. The highest BCUT2D eigenvalue weighted by atomic mass is 32.2. The number of thioether (sulfide) groups is 1. The zero-order chi connectivity index (χ0) is 14.4. The molecule has 2 rings (SSSR count). The maximum Gasteiger partial charge on any atom is 0.124 e. The first-order valence-corrected chi connectivity index (χ1v) is 8.10. The Morgan fingerprint density at radius 2 is 1.80 bits per heavy atom. The second-order valence-corrected chi connectivity index (χ2v) is 5.39. The van der Waals surface area contributed by atoms with Gasteiger partial charge >= 0.3 is 0 Å². The molecular formula is C17H21NOS. The molecule has 0 aliphatic heterocycles. The van der Waals surface area contributed by atoms with Crippen molar-refractivity contribution >= 4 is 17.4 Å². The lowest BCUT2D eigenvalue weighted by molar-refractivity contribution is 0.335. The molecule has 0 bridgehead atoms. The minimum absolute atomic E-state index is 0.200. The van der Waals surface area contributed by atoms with E-state index in [0.717, 1.165) is 5.75 Å². The molecule has 2 aromatic carbocycles. The molecule has 0 aromatic heterocycles. The standard InChI is InChI=1S/C17H21NOS/c1-4-19-16-11-7-5-9-14(16)13(2)18-15-10-6-8-12-17(15)20-3/h5-13,18H,4H2,1-3H3. The Morgan fingerprint density at radius 3 is 2.55 bits per heavy atom. The fourth-order valence-electron chi connectivity index (χ4n) is 2.20. The fourth-order valence-corrected chi connectivity index (χ4v) is 2.76. The molecule has 106 valence electrons. The lowest BCUT2D eigenvalue weighted by Gasteiger charge is -2.20. The van der Waals surface area contributed by atoms with Crippen LogP contribution in [0.5, 0.6) is 5.75 Å². The summed E-state index contributed by atoms with van der Waals surface area (Å²) < 4.78 is 5.71. The SMILES string of the molecule is CCOc1ccccc1C(C)Nc1ccccc1SC. The molecule has 0 spiro atoms. The molecule has 1 N–H and O–H groups in total. The van der Waals surface area contributed by atoms with E-state index in [1.807, 2.05) is 19.1 Å². The van der Waals surface area contributed by atoms with Crippen molar-refractivity contribution < 1.29 is 4.74 Å². The van der Waals surface area contributed by atoms with Gasteiger partial charge in [0.05, 0.1) is 12.6 Å².